The number of nitrogens with zero attached hydrogens (tertiary/aromatic N) is 4. The summed E-state index contributed by atoms with van der Waals surface area (Å²) in [6.45, 7) is 3.40. The monoisotopic (exact) mass is 634 g/mol. The van der Waals surface area contributed by atoms with Gasteiger partial charge in [0.1, 0.15) is 26.8 Å². The number of aliphatic hydroxyl groups is 1. The minimum absolute atomic E-state index is 0.0466. The Bertz CT molecular complexity index is 1630. The summed E-state index contributed by atoms with van der Waals surface area (Å²) in [6, 6.07) is 2.84. The number of pyridine rings is 1. The van der Waals surface area contributed by atoms with E-state index in [0.29, 0.717) is 46.6 Å². The Labute approximate surface area is 252 Å². The van der Waals surface area contributed by atoms with E-state index in [9.17, 15) is 34.5 Å². The van der Waals surface area contributed by atoms with Crippen LogP contribution in [0.25, 0.3) is 10.9 Å². The Morgan fingerprint density at radius 2 is 1.83 bits per heavy atom. The van der Waals surface area contributed by atoms with E-state index in [-0.39, 0.29) is 28.4 Å². The molecule has 2 saturated heterocycles. The molecule has 4 heterocycles. The average molecular weight is 635 g/mol. The summed E-state index contributed by atoms with van der Waals surface area (Å²) in [4.78, 5) is 54.3. The number of β-lactam (4-membered cyclic amide) rings is 1. The highest BCUT2D eigenvalue weighted by Crippen LogP contribution is 2.51. The molecule has 0 bridgehead atoms. The number of carboxylic acid groups (broad SMARTS) is 2. The summed E-state index contributed by atoms with van der Waals surface area (Å²) in [7, 11) is 0. The van der Waals surface area contributed by atoms with Gasteiger partial charge in [0.25, 0.3) is 0 Å². The first-order valence-corrected chi connectivity index (χ1v) is 15.7. The molecule has 6 rings (SSSR count). The van der Waals surface area contributed by atoms with Crippen molar-refractivity contribution in [3.8, 4) is 0 Å². The first-order valence-electron chi connectivity index (χ1n) is 13.4. The second-order valence-electron chi connectivity index (χ2n) is 10.7. The molecule has 15 heteroatoms. The first-order chi connectivity index (χ1) is 20.0. The largest absolute Gasteiger partial charge is 0.477 e. The number of halogens is 1. The van der Waals surface area contributed by atoms with Crippen molar-refractivity contribution in [3.05, 3.63) is 50.5 Å². The predicted molar refractivity (Wildman–Crippen MR) is 160 cm³/mol. The lowest BCUT2D eigenvalue weighted by molar-refractivity contribution is -0.156. The lowest BCUT2D eigenvalue weighted by Crippen LogP contribution is -2.60. The Morgan fingerprint density at radius 3 is 2.43 bits per heavy atom. The van der Waals surface area contributed by atoms with Gasteiger partial charge < -0.3 is 29.7 Å². The molecule has 1 aromatic carbocycles. The molecule has 1 saturated carbocycles. The zero-order valence-electron chi connectivity index (χ0n) is 22.4. The smallest absolute Gasteiger partial charge is 0.353 e. The Hall–Kier alpha value is -3.14. The lowest BCUT2D eigenvalue weighted by atomic mass is 9.92. The van der Waals surface area contributed by atoms with Crippen molar-refractivity contribution in [1.29, 1.82) is 0 Å². The average Bonchev–Trinajstić information content (AvgIpc) is 3.73. The number of amides is 1. The van der Waals surface area contributed by atoms with Crippen LogP contribution < -0.4 is 10.3 Å². The molecule has 3 aliphatic heterocycles. The summed E-state index contributed by atoms with van der Waals surface area (Å²) < 4.78 is 17.6. The molecule has 4 aliphatic rings. The number of rotatable bonds is 7. The number of thioether (sulfide) groups is 2. The molecule has 0 radical (unpaired) electrons. The highest BCUT2D eigenvalue weighted by molar-refractivity contribution is 8.23. The highest BCUT2D eigenvalue weighted by atomic mass is 32.2. The van der Waals surface area contributed by atoms with E-state index in [1.54, 1.807) is 10.6 Å². The van der Waals surface area contributed by atoms with E-state index in [1.165, 1.54) is 41.5 Å². The maximum absolute atomic E-state index is 15.3. The van der Waals surface area contributed by atoms with Gasteiger partial charge in [0.15, 0.2) is 0 Å². The molecule has 42 heavy (non-hydrogen) atoms. The van der Waals surface area contributed by atoms with Gasteiger partial charge >= 0.3 is 11.9 Å². The fraction of sp³-hybridized carbons (Fsp3) is 0.444. The standard InChI is InChI=1S/C27H27FN4O7S3/c1-12(33)20-23(35)32-21(26(38)39)19(42-24(20)32)11-41-27(40)30-6-4-29(5-7-30)18-9-17-14(8-16(18)28)22(34)15(25(36)37)10-31(17)13-2-3-13/h8-10,12-13,20,24,33H,2-7,11H2,1H3,(H,36,37)(H,38,39). The zero-order chi connectivity index (χ0) is 30.0. The second kappa shape index (κ2) is 10.8. The Balaban J connectivity index is 1.13. The molecule has 1 aromatic heterocycles. The summed E-state index contributed by atoms with van der Waals surface area (Å²) in [5, 5.41) is 28.7. The molecular weight excluding hydrogens is 608 g/mol. The van der Waals surface area contributed by atoms with Crippen LogP contribution in [0.4, 0.5) is 10.1 Å². The molecule has 1 amide bonds. The van der Waals surface area contributed by atoms with Crippen LogP contribution in [0.1, 0.15) is 36.2 Å². The van der Waals surface area contributed by atoms with Crippen molar-refractivity contribution >= 4 is 74.5 Å². The number of thiocarbonyl (C=S) groups is 1. The highest BCUT2D eigenvalue weighted by Gasteiger charge is 2.57. The number of carboxylic acids is 2. The normalized spacial score (nSPS) is 22.8. The number of aliphatic hydroxyl groups excluding tert-OH is 1. The zero-order valence-corrected chi connectivity index (χ0v) is 24.8. The van der Waals surface area contributed by atoms with Crippen LogP contribution in [0.3, 0.4) is 0 Å². The van der Waals surface area contributed by atoms with Crippen molar-refractivity contribution in [2.45, 2.75) is 37.3 Å². The summed E-state index contributed by atoms with van der Waals surface area (Å²) in [5.41, 5.74) is -0.293. The molecule has 11 nitrogen and oxygen atoms in total. The van der Waals surface area contributed by atoms with Crippen LogP contribution in [0.2, 0.25) is 0 Å². The minimum Gasteiger partial charge on any atom is -0.477 e. The van der Waals surface area contributed by atoms with Crippen LogP contribution in [-0.2, 0) is 9.59 Å². The molecule has 3 atom stereocenters. The van der Waals surface area contributed by atoms with Crippen LogP contribution in [-0.4, -0.2) is 95.3 Å². The van der Waals surface area contributed by atoms with Gasteiger partial charge in [0, 0.05) is 54.5 Å². The van der Waals surface area contributed by atoms with E-state index >= 15 is 4.39 Å². The molecule has 3 fully saturated rings. The quantitative estimate of drug-likeness (QED) is 0.304. The lowest BCUT2D eigenvalue weighted by Gasteiger charge is -2.43. The van der Waals surface area contributed by atoms with Crippen LogP contribution in [0, 0.1) is 11.7 Å². The van der Waals surface area contributed by atoms with Crippen LogP contribution in [0.15, 0.2) is 33.7 Å². The van der Waals surface area contributed by atoms with Crippen molar-refractivity contribution in [1.82, 2.24) is 14.4 Å². The van der Waals surface area contributed by atoms with Gasteiger partial charge in [-0.05, 0) is 31.9 Å². The summed E-state index contributed by atoms with van der Waals surface area (Å²) >= 11 is 8.21. The Morgan fingerprint density at radius 1 is 1.14 bits per heavy atom. The molecule has 3 N–H and O–H groups in total. The molecular formula is C27H27FN4O7S3. The number of fused-ring (bicyclic) bond motifs is 2. The number of benzene rings is 1. The summed E-state index contributed by atoms with van der Waals surface area (Å²) in [6.07, 6.45) is 2.20. The second-order valence-corrected chi connectivity index (χ2v) is 13.5. The van der Waals surface area contributed by atoms with E-state index in [1.807, 2.05) is 9.80 Å². The first kappa shape index (κ1) is 29.0. The maximum atomic E-state index is 15.3. The number of anilines is 1. The number of aromatic carboxylic acids is 1. The predicted octanol–water partition coefficient (Wildman–Crippen LogP) is 2.52. The number of hydrogen-bond donors (Lipinski definition) is 3. The molecule has 222 valence electrons. The number of aromatic nitrogens is 1. The van der Waals surface area contributed by atoms with E-state index in [2.05, 4.69) is 0 Å². The minimum atomic E-state index is -1.34. The molecule has 1 aliphatic carbocycles. The third-order valence-electron chi connectivity index (χ3n) is 8.05. The fourth-order valence-corrected chi connectivity index (χ4v) is 8.67. The topological polar surface area (TPSA) is 144 Å². The van der Waals surface area contributed by atoms with Crippen molar-refractivity contribution < 1.29 is 34.1 Å². The number of aliphatic carboxylic acids is 1. The van der Waals surface area contributed by atoms with Gasteiger partial charge in [0.2, 0.25) is 11.3 Å². The number of carbonyl (C=O) groups excluding carboxylic acids is 1. The van der Waals surface area contributed by atoms with Crippen LogP contribution >= 0.6 is 35.7 Å². The number of carbonyl (C=O) groups is 3. The molecule has 0 spiro atoms. The molecule has 3 unspecified atom stereocenters. The van der Waals surface area contributed by atoms with Crippen molar-refractivity contribution in [3.63, 3.8) is 0 Å². The summed E-state index contributed by atoms with van der Waals surface area (Å²) in [5.74, 6) is -3.89. The number of hydrogen-bond acceptors (Lipinski definition) is 9. The van der Waals surface area contributed by atoms with Crippen LogP contribution in [0.5, 0.6) is 0 Å². The van der Waals surface area contributed by atoms with Gasteiger partial charge in [0.05, 0.1) is 23.2 Å². The van der Waals surface area contributed by atoms with Gasteiger partial charge in [-0.25, -0.2) is 14.0 Å². The fourth-order valence-electron chi connectivity index (χ4n) is 5.71. The number of piperazine rings is 1. The molecule has 2 aromatic rings. The van der Waals surface area contributed by atoms with Crippen molar-refractivity contribution in [2.24, 2.45) is 5.92 Å². The van der Waals surface area contributed by atoms with E-state index < -0.39 is 46.5 Å². The van der Waals surface area contributed by atoms with Gasteiger partial charge in [-0.2, -0.15) is 0 Å². The maximum Gasteiger partial charge on any atom is 0.353 e. The van der Waals surface area contributed by atoms with E-state index in [0.717, 1.165) is 18.9 Å². The van der Waals surface area contributed by atoms with Gasteiger partial charge in [-0.3, -0.25) is 14.5 Å². The van der Waals surface area contributed by atoms with E-state index in [4.69, 9.17) is 12.2 Å². The van der Waals surface area contributed by atoms with Gasteiger partial charge in [-0.1, -0.05) is 24.0 Å². The SMILES string of the molecule is CC(O)C1C(=O)N2C(C(=O)O)=C(CSC(=S)N3CCN(c4cc5c(cc4F)c(=O)c(C(=O)O)cn5C4CC4)CC3)SC12. The van der Waals surface area contributed by atoms with Crippen molar-refractivity contribution in [2.75, 3.05) is 36.8 Å². The van der Waals surface area contributed by atoms with Gasteiger partial charge in [-0.15, -0.1) is 11.8 Å². The third-order valence-corrected chi connectivity index (χ3v) is 11.2. The third kappa shape index (κ3) is 4.85. The Kier molecular flexibility index (Phi) is 7.48.